The fourth-order valence-corrected chi connectivity index (χ4v) is 16.5. The molecule has 0 aromatic heterocycles. The number of benzene rings is 9. The van der Waals surface area contributed by atoms with Crippen molar-refractivity contribution in [3.05, 3.63) is 266 Å². The minimum Gasteiger partial charge on any atom is -0.813 e. The van der Waals surface area contributed by atoms with Gasteiger partial charge in [-0.2, -0.15) is 9.79 Å². The van der Waals surface area contributed by atoms with Crippen LogP contribution in [0, 0.1) is 6.92 Å². The van der Waals surface area contributed by atoms with Gasteiger partial charge >= 0.3 is 56.5 Å². The third-order valence-corrected chi connectivity index (χ3v) is 19.7. The molecule has 0 aliphatic carbocycles. The van der Waals surface area contributed by atoms with E-state index in [1.165, 1.54) is 48.0 Å². The molecule has 0 bridgehead atoms. The molecule has 0 amide bonds. The van der Waals surface area contributed by atoms with Gasteiger partial charge < -0.3 is 52.2 Å². The Morgan fingerprint density at radius 3 is 0.636 bits per heavy atom. The summed E-state index contributed by atoms with van der Waals surface area (Å²) < 4.78 is 8.26. The summed E-state index contributed by atoms with van der Waals surface area (Å²) in [5.41, 5.74) is 1.17. The topological polar surface area (TPSA) is 17.1 Å². The van der Waals surface area contributed by atoms with E-state index in [-0.39, 0.29) is 40.1 Å². The summed E-state index contributed by atoms with van der Waals surface area (Å²) in [4.78, 5) is 1.56. The second-order valence-corrected chi connectivity index (χ2v) is 23.5. The van der Waals surface area contributed by atoms with Gasteiger partial charge in [-0.3, -0.25) is 0 Å². The van der Waals surface area contributed by atoms with Crippen molar-refractivity contribution in [2.45, 2.75) is 16.7 Å². The average Bonchev–Trinajstić information content (AvgIpc) is 3.37. The monoisotopic (exact) mass is 1140 g/mol. The van der Waals surface area contributed by atoms with Crippen molar-refractivity contribution >= 4 is 129 Å². The molecule has 9 rings (SSSR count). The van der Waals surface area contributed by atoms with E-state index < -0.39 is 14.5 Å². The van der Waals surface area contributed by atoms with Gasteiger partial charge in [-0.05, 0) is 104 Å². The summed E-state index contributed by atoms with van der Waals surface area (Å²) >= 11 is 10.7. The summed E-state index contributed by atoms with van der Waals surface area (Å²) in [6, 6.07) is 93.4. The number of rotatable bonds is 8. The van der Waals surface area contributed by atoms with Crippen LogP contribution in [0.3, 0.4) is 0 Å². The molecule has 0 heterocycles. The maximum atomic E-state index is 8.26. The molecule has 0 saturated heterocycles. The van der Waals surface area contributed by atoms with E-state index in [0.29, 0.717) is 19.8 Å². The molecule has 0 aliphatic rings. The molecule has 0 fully saturated rings. The molecule has 1 nitrogen and oxygen atoms in total. The first-order valence-electron chi connectivity index (χ1n) is 20.2. The van der Waals surface area contributed by atoms with Crippen LogP contribution in [0.1, 0.15) is 5.56 Å². The van der Waals surface area contributed by atoms with Gasteiger partial charge in [0, 0.05) is 0 Å². The number of halogens is 2. The van der Waals surface area contributed by atoms with Crippen LogP contribution in [0.2, 0.25) is 0 Å². The smallest absolute Gasteiger partial charge is 0.144 e. The first-order valence-corrected chi connectivity index (χ1v) is 28.4. The first-order chi connectivity index (χ1) is 31.5. The zero-order valence-electron chi connectivity index (χ0n) is 35.9. The van der Waals surface area contributed by atoms with E-state index in [9.17, 15) is 0 Å². The zero-order valence-corrected chi connectivity index (χ0v) is 45.7. The average molecular weight is 1140 g/mol. The van der Waals surface area contributed by atoms with Crippen LogP contribution in [-0.4, -0.2) is 0 Å². The fourth-order valence-electron chi connectivity index (χ4n) is 7.62. The van der Waals surface area contributed by atoms with Crippen molar-refractivity contribution < 1.29 is 36.3 Å². The molecule has 11 heteroatoms. The number of thiol groups is 2. The third kappa shape index (κ3) is 14.5. The Hall–Kier alpha value is -3.43. The van der Waals surface area contributed by atoms with Crippen molar-refractivity contribution in [1.29, 1.82) is 0 Å². The summed E-state index contributed by atoms with van der Waals surface area (Å²) in [7, 11) is 5.72. The SMILES string of the molecule is Cc1ccc([S-])c([S-])c1.[Cl][Fe][Cl].[O]=[Mo].[SH-].[SH-].c1ccc([P+](c2ccccc2)(c2ccccc2)c2ccccc2)cc1.c1ccc([P+](c2ccccc2)(c2ccccc2)c2ccccc2)cc1. The fraction of sp³-hybridized carbons (Fsp3) is 0.0182. The summed E-state index contributed by atoms with van der Waals surface area (Å²) in [5.74, 6) is 0. The molecule has 0 radical (unpaired) electrons. The Bertz CT molecular complexity index is 2180. The van der Waals surface area contributed by atoms with Gasteiger partial charge in [0.15, 0.2) is 0 Å². The van der Waals surface area contributed by atoms with Crippen LogP contribution in [0.5, 0.6) is 0 Å². The normalized spacial score (nSPS) is 10.2. The first kappa shape index (κ1) is 56.9. The van der Waals surface area contributed by atoms with Gasteiger partial charge in [-0.1, -0.05) is 169 Å². The molecule has 0 N–H and O–H groups in total. The molecular formula is C55H48Cl2FeMoOP2S4-2. The Labute approximate surface area is 444 Å². The third-order valence-electron chi connectivity index (χ3n) is 10.2. The van der Waals surface area contributed by atoms with Gasteiger partial charge in [-0.25, -0.2) is 0 Å². The Morgan fingerprint density at radius 2 is 0.500 bits per heavy atom. The molecule has 0 aliphatic heterocycles. The van der Waals surface area contributed by atoms with Crippen molar-refractivity contribution in [1.82, 2.24) is 0 Å². The van der Waals surface area contributed by atoms with Crippen LogP contribution in [-0.2, 0) is 88.6 Å². The van der Waals surface area contributed by atoms with E-state index in [4.69, 9.17) is 48.9 Å². The van der Waals surface area contributed by atoms with Gasteiger partial charge in [-0.15, -0.1) is 0 Å². The van der Waals surface area contributed by atoms with E-state index in [2.05, 4.69) is 243 Å². The summed E-state index contributed by atoms with van der Waals surface area (Å²) in [5, 5.41) is 11.1. The van der Waals surface area contributed by atoms with E-state index >= 15 is 0 Å². The predicted molar refractivity (Wildman–Crippen MR) is 295 cm³/mol. The number of hydrogen-bond acceptors (Lipinski definition) is 5. The van der Waals surface area contributed by atoms with Gasteiger partial charge in [0.1, 0.15) is 57.0 Å². The molecule has 0 spiro atoms. The van der Waals surface area contributed by atoms with E-state index in [1.807, 2.05) is 25.1 Å². The van der Waals surface area contributed by atoms with Crippen molar-refractivity contribution in [3.63, 3.8) is 0 Å². The Morgan fingerprint density at radius 1 is 0.333 bits per heavy atom. The molecule has 0 saturated carbocycles. The molecule has 9 aromatic carbocycles. The van der Waals surface area contributed by atoms with Crippen molar-refractivity contribution in [3.8, 4) is 0 Å². The Balaban J connectivity index is 0.000000267. The van der Waals surface area contributed by atoms with Crippen molar-refractivity contribution in [2.75, 3.05) is 0 Å². The van der Waals surface area contributed by atoms with Crippen molar-refractivity contribution in [2.24, 2.45) is 0 Å². The minimum absolute atomic E-state index is 0. The van der Waals surface area contributed by atoms with E-state index in [1.54, 1.807) is 0 Å². The number of aryl methyl sites for hydroxylation is 1. The molecule has 0 unspecified atom stereocenters. The van der Waals surface area contributed by atoms with Crippen LogP contribution >= 0.6 is 34.7 Å². The standard InChI is InChI=1S/2C24H20P.C7H8S2.2ClH.Fe.Mo.O.2H2S/c2*1-5-13-21(14-6-1)25(22-15-7-2-8-16-22,23-17-9-3-10-18-23)24-19-11-4-12-20-24;1-5-2-3-6(8)7(9)4-5;;;;;;;/h2*1-20H;2-4,8-9H,1H3;2*1H;;;;2*1H2/q2*+1;;;;+2;;;;/p-6. The maximum Gasteiger partial charge on any atom is 0.144 e. The van der Waals surface area contributed by atoms with Gasteiger partial charge in [0.25, 0.3) is 0 Å². The van der Waals surface area contributed by atoms with E-state index in [0.717, 1.165) is 9.79 Å². The van der Waals surface area contributed by atoms with Crippen LogP contribution in [0.15, 0.2) is 271 Å². The Kier molecular flexibility index (Phi) is 26.6. The molecule has 9 aromatic rings. The molecule has 66 heavy (non-hydrogen) atoms. The van der Waals surface area contributed by atoms with Crippen LogP contribution in [0.25, 0.3) is 0 Å². The summed E-state index contributed by atoms with van der Waals surface area (Å²) in [6.45, 7) is 2.00. The maximum absolute atomic E-state index is 8.26. The zero-order chi connectivity index (χ0) is 45.5. The predicted octanol–water partition coefficient (Wildman–Crippen LogP) is 11.1. The largest absolute Gasteiger partial charge is 0.813 e. The van der Waals surface area contributed by atoms with Crippen LogP contribution in [0.4, 0.5) is 0 Å². The quantitative estimate of drug-likeness (QED) is 0.0651. The molecule has 0 atom stereocenters. The second-order valence-electron chi connectivity index (χ2n) is 14.0. The van der Waals surface area contributed by atoms with Gasteiger partial charge in [0.2, 0.25) is 0 Å². The second kappa shape index (κ2) is 30.8. The summed E-state index contributed by atoms with van der Waals surface area (Å²) in [6.07, 6.45) is 0. The van der Waals surface area contributed by atoms with Crippen LogP contribution < -0.4 is 42.4 Å². The molecular weight excluding hydrogens is 1090 g/mol. The number of hydrogen-bond donors (Lipinski definition) is 0. The minimum atomic E-state index is -1.91. The molecule has 338 valence electrons. The van der Waals surface area contributed by atoms with Gasteiger partial charge in [0.05, 0.1) is 0 Å².